The first-order chi connectivity index (χ1) is 9.94. The number of rotatable bonds is 6. The highest BCUT2D eigenvalue weighted by atomic mass is 32.1. The van der Waals surface area contributed by atoms with Crippen LogP contribution < -0.4 is 4.74 Å². The third-order valence-electron chi connectivity index (χ3n) is 3.09. The maximum absolute atomic E-state index is 10.2. The second-order valence-electron chi connectivity index (χ2n) is 5.40. The van der Waals surface area contributed by atoms with Crippen molar-refractivity contribution in [2.75, 3.05) is 14.2 Å². The number of methoxy groups -OCH3 is 2. The van der Waals surface area contributed by atoms with E-state index in [1.54, 1.807) is 28.1 Å². The molecule has 0 aliphatic rings. The van der Waals surface area contributed by atoms with Crippen molar-refractivity contribution < 1.29 is 14.6 Å². The fourth-order valence-corrected chi connectivity index (χ4v) is 3.21. The van der Waals surface area contributed by atoms with Crippen LogP contribution in [0.4, 0.5) is 0 Å². The van der Waals surface area contributed by atoms with E-state index >= 15 is 0 Å². The zero-order chi connectivity index (χ0) is 15.5. The third kappa shape index (κ3) is 4.03. The Kier molecular flexibility index (Phi) is 4.98. The molecule has 0 radical (unpaired) electrons. The molecule has 1 aromatic heterocycles. The quantitative estimate of drug-likeness (QED) is 0.891. The van der Waals surface area contributed by atoms with Crippen LogP contribution in [0.3, 0.4) is 0 Å². The summed E-state index contributed by atoms with van der Waals surface area (Å²) in [6.45, 7) is 3.96. The molecule has 0 atom stereocenters. The van der Waals surface area contributed by atoms with Gasteiger partial charge in [-0.05, 0) is 31.5 Å². The standard InChI is InChI=1S/C16H21NO3S/c1-16(2,18)15-13(10-19-3)17-14(21-15)9-11-5-7-12(20-4)8-6-11/h5-8,18H,9-10H2,1-4H3. The van der Waals surface area contributed by atoms with Gasteiger partial charge in [0.2, 0.25) is 0 Å². The summed E-state index contributed by atoms with van der Waals surface area (Å²) in [6.07, 6.45) is 0.738. The van der Waals surface area contributed by atoms with E-state index in [4.69, 9.17) is 9.47 Å². The van der Waals surface area contributed by atoms with E-state index in [1.807, 2.05) is 24.3 Å². The van der Waals surface area contributed by atoms with Crippen molar-refractivity contribution in [1.82, 2.24) is 4.98 Å². The Morgan fingerprint density at radius 3 is 2.38 bits per heavy atom. The Morgan fingerprint density at radius 2 is 1.86 bits per heavy atom. The molecule has 0 fully saturated rings. The molecule has 4 nitrogen and oxygen atoms in total. The van der Waals surface area contributed by atoms with Crippen LogP contribution in [0.15, 0.2) is 24.3 Å². The molecule has 1 heterocycles. The Morgan fingerprint density at radius 1 is 1.19 bits per heavy atom. The summed E-state index contributed by atoms with van der Waals surface area (Å²) in [6, 6.07) is 7.94. The molecule has 2 aromatic rings. The molecule has 0 saturated carbocycles. The van der Waals surface area contributed by atoms with E-state index in [2.05, 4.69) is 4.98 Å². The number of hydrogen-bond donors (Lipinski definition) is 1. The van der Waals surface area contributed by atoms with E-state index < -0.39 is 5.60 Å². The van der Waals surface area contributed by atoms with Gasteiger partial charge in [-0.2, -0.15) is 0 Å². The smallest absolute Gasteiger partial charge is 0.118 e. The normalized spacial score (nSPS) is 11.7. The number of benzene rings is 1. The molecule has 0 unspecified atom stereocenters. The second-order valence-corrected chi connectivity index (χ2v) is 6.48. The fourth-order valence-electron chi connectivity index (χ4n) is 2.11. The highest BCUT2D eigenvalue weighted by Crippen LogP contribution is 2.31. The van der Waals surface area contributed by atoms with Gasteiger partial charge in [-0.3, -0.25) is 0 Å². The minimum Gasteiger partial charge on any atom is -0.497 e. The maximum Gasteiger partial charge on any atom is 0.118 e. The van der Waals surface area contributed by atoms with Gasteiger partial charge in [0.25, 0.3) is 0 Å². The number of ether oxygens (including phenoxy) is 2. The summed E-state index contributed by atoms with van der Waals surface area (Å²) in [7, 11) is 3.29. The van der Waals surface area contributed by atoms with Gasteiger partial charge in [-0.1, -0.05) is 12.1 Å². The minimum atomic E-state index is -0.899. The van der Waals surface area contributed by atoms with Crippen molar-refractivity contribution >= 4 is 11.3 Å². The number of nitrogens with zero attached hydrogens (tertiary/aromatic N) is 1. The lowest BCUT2D eigenvalue weighted by Gasteiger charge is -2.16. The van der Waals surface area contributed by atoms with Crippen LogP contribution in [-0.4, -0.2) is 24.3 Å². The highest BCUT2D eigenvalue weighted by Gasteiger charge is 2.24. The number of aromatic nitrogens is 1. The summed E-state index contributed by atoms with van der Waals surface area (Å²) in [5.41, 5.74) is 1.08. The van der Waals surface area contributed by atoms with Crippen LogP contribution >= 0.6 is 11.3 Å². The molecule has 0 bridgehead atoms. The van der Waals surface area contributed by atoms with Crippen LogP contribution in [-0.2, 0) is 23.4 Å². The Balaban J connectivity index is 2.23. The summed E-state index contributed by atoms with van der Waals surface area (Å²) in [5, 5.41) is 11.2. The van der Waals surface area contributed by atoms with Crippen molar-refractivity contribution in [3.05, 3.63) is 45.4 Å². The van der Waals surface area contributed by atoms with Crippen molar-refractivity contribution in [2.45, 2.75) is 32.5 Å². The van der Waals surface area contributed by atoms with Gasteiger partial charge >= 0.3 is 0 Å². The predicted octanol–water partition coefficient (Wildman–Crippen LogP) is 3.12. The van der Waals surface area contributed by atoms with Gasteiger partial charge in [0.05, 0.1) is 34.9 Å². The molecule has 21 heavy (non-hydrogen) atoms. The van der Waals surface area contributed by atoms with Crippen LogP contribution in [0, 0.1) is 0 Å². The summed E-state index contributed by atoms with van der Waals surface area (Å²) >= 11 is 1.54. The van der Waals surface area contributed by atoms with Crippen molar-refractivity contribution in [1.29, 1.82) is 0 Å². The predicted molar refractivity (Wildman–Crippen MR) is 83.9 cm³/mol. The van der Waals surface area contributed by atoms with Crippen LogP contribution in [0.5, 0.6) is 5.75 Å². The molecule has 0 aliphatic carbocycles. The van der Waals surface area contributed by atoms with Gasteiger partial charge < -0.3 is 14.6 Å². The van der Waals surface area contributed by atoms with Crippen molar-refractivity contribution in [3.8, 4) is 5.75 Å². The van der Waals surface area contributed by atoms with Crippen LogP contribution in [0.2, 0.25) is 0 Å². The van der Waals surface area contributed by atoms with E-state index in [-0.39, 0.29) is 0 Å². The SMILES string of the molecule is COCc1nc(Cc2ccc(OC)cc2)sc1C(C)(C)O. The summed E-state index contributed by atoms with van der Waals surface area (Å²) in [5.74, 6) is 0.843. The van der Waals surface area contributed by atoms with Gasteiger partial charge in [-0.15, -0.1) is 11.3 Å². The molecular formula is C16H21NO3S. The summed E-state index contributed by atoms with van der Waals surface area (Å²) < 4.78 is 10.3. The topological polar surface area (TPSA) is 51.6 Å². The monoisotopic (exact) mass is 307 g/mol. The molecular weight excluding hydrogens is 286 g/mol. The first-order valence-electron chi connectivity index (χ1n) is 6.77. The highest BCUT2D eigenvalue weighted by molar-refractivity contribution is 7.11. The number of hydrogen-bond acceptors (Lipinski definition) is 5. The molecule has 1 aromatic carbocycles. The van der Waals surface area contributed by atoms with E-state index in [0.717, 1.165) is 33.3 Å². The molecule has 114 valence electrons. The Hall–Kier alpha value is -1.43. The van der Waals surface area contributed by atoms with Crippen molar-refractivity contribution in [2.24, 2.45) is 0 Å². The van der Waals surface area contributed by atoms with E-state index in [9.17, 15) is 5.11 Å². The first kappa shape index (κ1) is 15.9. The zero-order valence-electron chi connectivity index (χ0n) is 12.8. The molecule has 1 N–H and O–H groups in total. The molecule has 0 amide bonds. The van der Waals surface area contributed by atoms with Gasteiger partial charge in [0.15, 0.2) is 0 Å². The van der Waals surface area contributed by atoms with Gasteiger partial charge in [-0.25, -0.2) is 4.98 Å². The third-order valence-corrected chi connectivity index (χ3v) is 4.50. The summed E-state index contributed by atoms with van der Waals surface area (Å²) in [4.78, 5) is 5.47. The molecule has 5 heteroatoms. The largest absolute Gasteiger partial charge is 0.497 e. The molecule has 0 saturated heterocycles. The first-order valence-corrected chi connectivity index (χ1v) is 7.59. The molecule has 0 aliphatic heterocycles. The lowest BCUT2D eigenvalue weighted by atomic mass is 10.1. The van der Waals surface area contributed by atoms with E-state index in [1.165, 1.54) is 11.3 Å². The average molecular weight is 307 g/mol. The second kappa shape index (κ2) is 6.56. The number of aliphatic hydroxyl groups is 1. The Labute approximate surface area is 129 Å². The lowest BCUT2D eigenvalue weighted by molar-refractivity contribution is 0.0782. The van der Waals surface area contributed by atoms with Gasteiger partial charge in [0, 0.05) is 13.5 Å². The van der Waals surface area contributed by atoms with Crippen LogP contribution in [0.1, 0.15) is 35.0 Å². The molecule has 2 rings (SSSR count). The fraction of sp³-hybridized carbons (Fsp3) is 0.438. The Bertz CT molecular complexity index is 585. The van der Waals surface area contributed by atoms with E-state index in [0.29, 0.717) is 6.61 Å². The zero-order valence-corrected chi connectivity index (χ0v) is 13.7. The average Bonchev–Trinajstić information content (AvgIpc) is 2.83. The van der Waals surface area contributed by atoms with Crippen molar-refractivity contribution in [3.63, 3.8) is 0 Å². The minimum absolute atomic E-state index is 0.415. The van der Waals surface area contributed by atoms with Gasteiger partial charge in [0.1, 0.15) is 5.75 Å². The van der Waals surface area contributed by atoms with Crippen LogP contribution in [0.25, 0.3) is 0 Å². The lowest BCUT2D eigenvalue weighted by Crippen LogP contribution is -2.16. The number of thiazole rings is 1. The maximum atomic E-state index is 10.2. The molecule has 0 spiro atoms.